The minimum atomic E-state index is -0.375. The smallest absolute Gasteiger partial charge is 0.310 e. The molecule has 1 aliphatic heterocycles. The molecule has 1 aliphatic carbocycles. The summed E-state index contributed by atoms with van der Waals surface area (Å²) < 4.78 is 26.9. The van der Waals surface area contributed by atoms with Crippen LogP contribution in [0.2, 0.25) is 0 Å². The number of esters is 1. The lowest BCUT2D eigenvalue weighted by Gasteiger charge is -2.34. The van der Waals surface area contributed by atoms with Gasteiger partial charge in [0.25, 0.3) is 0 Å². The molecule has 1 saturated heterocycles. The van der Waals surface area contributed by atoms with Crippen LogP contribution in [0.15, 0.2) is 18.2 Å². The molecule has 3 atom stereocenters. The van der Waals surface area contributed by atoms with E-state index in [4.69, 9.17) is 23.7 Å². The maximum Gasteiger partial charge on any atom is 0.310 e. The molecule has 0 radical (unpaired) electrons. The van der Waals surface area contributed by atoms with Crippen molar-refractivity contribution in [2.24, 2.45) is 11.8 Å². The van der Waals surface area contributed by atoms with Gasteiger partial charge in [0.2, 0.25) is 11.5 Å². The number of rotatable bonds is 6. The maximum atomic E-state index is 12.7. The predicted octanol–water partition coefficient (Wildman–Crippen LogP) is 2.80. The van der Waals surface area contributed by atoms with Gasteiger partial charge in [0.15, 0.2) is 23.0 Å². The van der Waals surface area contributed by atoms with E-state index in [1.165, 1.54) is 28.4 Å². The highest BCUT2D eigenvalue weighted by atomic mass is 16.5. The van der Waals surface area contributed by atoms with Gasteiger partial charge < -0.3 is 33.9 Å². The lowest BCUT2D eigenvalue weighted by atomic mass is 9.67. The van der Waals surface area contributed by atoms with Crippen molar-refractivity contribution in [2.45, 2.75) is 18.8 Å². The number of hydrogen-bond donors (Lipinski definition) is 2. The zero-order valence-electron chi connectivity index (χ0n) is 17.9. The Hall–Kier alpha value is -3.29. The van der Waals surface area contributed by atoms with Gasteiger partial charge in [-0.1, -0.05) is 0 Å². The first-order valence-electron chi connectivity index (χ1n) is 10.0. The summed E-state index contributed by atoms with van der Waals surface area (Å²) in [5, 5.41) is 21.0. The molecule has 2 aromatic rings. The van der Waals surface area contributed by atoms with Gasteiger partial charge in [-0.2, -0.15) is 0 Å². The van der Waals surface area contributed by atoms with Crippen molar-refractivity contribution in [3.63, 3.8) is 0 Å². The average Bonchev–Trinajstić information content (AvgIpc) is 3.14. The Labute approximate surface area is 180 Å². The number of carbonyl (C=O) groups is 1. The zero-order chi connectivity index (χ0) is 22.3. The fourth-order valence-electron chi connectivity index (χ4n) is 4.90. The van der Waals surface area contributed by atoms with Crippen LogP contribution >= 0.6 is 0 Å². The lowest BCUT2D eigenvalue weighted by molar-refractivity contribution is -0.141. The van der Waals surface area contributed by atoms with Crippen molar-refractivity contribution in [2.75, 3.05) is 35.0 Å². The van der Waals surface area contributed by atoms with E-state index in [0.717, 1.165) is 16.7 Å². The molecule has 0 unspecified atom stereocenters. The highest BCUT2D eigenvalue weighted by Gasteiger charge is 2.48. The second-order valence-corrected chi connectivity index (χ2v) is 7.81. The monoisotopic (exact) mass is 430 g/mol. The predicted molar refractivity (Wildman–Crippen MR) is 111 cm³/mol. The molecule has 31 heavy (non-hydrogen) atoms. The van der Waals surface area contributed by atoms with E-state index in [9.17, 15) is 15.0 Å². The van der Waals surface area contributed by atoms with Crippen molar-refractivity contribution in [1.82, 2.24) is 0 Å². The molecule has 0 spiro atoms. The molecule has 0 bridgehead atoms. The first-order chi connectivity index (χ1) is 14.9. The highest BCUT2D eigenvalue weighted by Crippen LogP contribution is 2.53. The molecule has 2 aromatic carbocycles. The van der Waals surface area contributed by atoms with Crippen molar-refractivity contribution in [3.8, 4) is 34.5 Å². The third kappa shape index (κ3) is 3.36. The third-order valence-electron chi connectivity index (χ3n) is 6.27. The Morgan fingerprint density at radius 1 is 0.935 bits per heavy atom. The molecule has 0 aromatic heterocycles. The van der Waals surface area contributed by atoms with Gasteiger partial charge in [0, 0.05) is 17.4 Å². The van der Waals surface area contributed by atoms with E-state index in [-0.39, 0.29) is 46.7 Å². The number of aromatic hydroxyl groups is 2. The number of cyclic esters (lactones) is 1. The number of hydrogen-bond acceptors (Lipinski definition) is 8. The van der Waals surface area contributed by atoms with Crippen LogP contribution in [0.1, 0.15) is 22.6 Å². The van der Waals surface area contributed by atoms with Gasteiger partial charge in [-0.15, -0.1) is 0 Å². The number of phenolic OH excluding ortho intramolecular Hbond substituents is 2. The van der Waals surface area contributed by atoms with Gasteiger partial charge in [-0.05, 0) is 42.2 Å². The molecular formula is C23H26O8. The molecular weight excluding hydrogens is 404 g/mol. The van der Waals surface area contributed by atoms with Crippen LogP contribution < -0.4 is 18.9 Å². The Bertz CT molecular complexity index is 990. The number of methoxy groups -OCH3 is 4. The standard InChI is InChI=1S/C23H26O8/c1-27-15-6-11(7-16(28-2)20(15)24)5-14-18-12(8-13-10-31-23(26)19(13)14)9-17(29-3)21(25)22(18)30-4/h6-7,9,13-14,19,24-25H,5,8,10H2,1-4H3/t13-,14-,19-/m0/s1. The van der Waals surface area contributed by atoms with Crippen molar-refractivity contribution >= 4 is 5.97 Å². The molecule has 8 heteroatoms. The molecule has 0 saturated carbocycles. The van der Waals surface area contributed by atoms with Crippen LogP contribution in [-0.2, 0) is 22.4 Å². The first kappa shape index (κ1) is 21.0. The van der Waals surface area contributed by atoms with Gasteiger partial charge in [0.1, 0.15) is 0 Å². The van der Waals surface area contributed by atoms with Crippen molar-refractivity contribution in [3.05, 3.63) is 34.9 Å². The minimum Gasteiger partial charge on any atom is -0.502 e. The number of fused-ring (bicyclic) bond motifs is 2. The Morgan fingerprint density at radius 2 is 1.55 bits per heavy atom. The number of benzene rings is 2. The quantitative estimate of drug-likeness (QED) is 0.675. The second-order valence-electron chi connectivity index (χ2n) is 7.81. The van der Waals surface area contributed by atoms with Crippen molar-refractivity contribution < 1.29 is 38.7 Å². The van der Waals surface area contributed by atoms with E-state index in [0.29, 0.717) is 30.9 Å². The highest BCUT2D eigenvalue weighted by molar-refractivity contribution is 5.78. The third-order valence-corrected chi connectivity index (χ3v) is 6.27. The second kappa shape index (κ2) is 8.09. The summed E-state index contributed by atoms with van der Waals surface area (Å²) >= 11 is 0. The molecule has 0 amide bonds. The minimum absolute atomic E-state index is 0.0184. The largest absolute Gasteiger partial charge is 0.502 e. The molecule has 2 aliphatic rings. The SMILES string of the molecule is COc1cc(C[C@H]2c3c(cc(OC)c(O)c3OC)C[C@H]3COC(=O)[C@@H]32)cc(OC)c1O. The summed E-state index contributed by atoms with van der Waals surface area (Å²) in [5.74, 6) is 0.0764. The molecule has 166 valence electrons. The van der Waals surface area contributed by atoms with Gasteiger partial charge in [-0.25, -0.2) is 0 Å². The van der Waals surface area contributed by atoms with Crippen LogP contribution in [0.5, 0.6) is 34.5 Å². The topological polar surface area (TPSA) is 104 Å². The van der Waals surface area contributed by atoms with E-state index in [2.05, 4.69) is 0 Å². The average molecular weight is 430 g/mol. The van der Waals surface area contributed by atoms with E-state index in [1.54, 1.807) is 18.2 Å². The van der Waals surface area contributed by atoms with E-state index >= 15 is 0 Å². The van der Waals surface area contributed by atoms with Gasteiger partial charge in [-0.3, -0.25) is 4.79 Å². The number of ether oxygens (including phenoxy) is 5. The summed E-state index contributed by atoms with van der Waals surface area (Å²) in [6.45, 7) is 0.354. The van der Waals surface area contributed by atoms with Gasteiger partial charge >= 0.3 is 5.97 Å². The maximum absolute atomic E-state index is 12.7. The Morgan fingerprint density at radius 3 is 2.13 bits per heavy atom. The van der Waals surface area contributed by atoms with E-state index < -0.39 is 0 Å². The summed E-state index contributed by atoms with van der Waals surface area (Å²) in [4.78, 5) is 12.7. The van der Waals surface area contributed by atoms with Crippen LogP contribution in [0.4, 0.5) is 0 Å². The fraction of sp³-hybridized carbons (Fsp3) is 0.435. The summed E-state index contributed by atoms with van der Waals surface area (Å²) in [7, 11) is 5.90. The summed E-state index contributed by atoms with van der Waals surface area (Å²) in [5.41, 5.74) is 2.53. The molecule has 4 rings (SSSR count). The van der Waals surface area contributed by atoms with Crippen LogP contribution in [-0.4, -0.2) is 51.2 Å². The zero-order valence-corrected chi connectivity index (χ0v) is 17.9. The van der Waals surface area contributed by atoms with Crippen LogP contribution in [0.3, 0.4) is 0 Å². The van der Waals surface area contributed by atoms with Crippen LogP contribution in [0, 0.1) is 11.8 Å². The lowest BCUT2D eigenvalue weighted by Crippen LogP contribution is -2.32. The molecule has 1 heterocycles. The Kier molecular flexibility index (Phi) is 5.47. The van der Waals surface area contributed by atoms with Gasteiger partial charge in [0.05, 0.1) is 41.0 Å². The van der Waals surface area contributed by atoms with Crippen molar-refractivity contribution in [1.29, 1.82) is 0 Å². The van der Waals surface area contributed by atoms with E-state index in [1.807, 2.05) is 0 Å². The summed E-state index contributed by atoms with van der Waals surface area (Å²) in [6.07, 6.45) is 1.05. The number of carbonyl (C=O) groups excluding carboxylic acids is 1. The summed E-state index contributed by atoms with van der Waals surface area (Å²) in [6, 6.07) is 5.24. The van der Waals surface area contributed by atoms with Crippen LogP contribution in [0.25, 0.3) is 0 Å². The number of phenols is 2. The normalized spacial score (nSPS) is 21.7. The molecule has 1 fully saturated rings. The molecule has 8 nitrogen and oxygen atoms in total. The molecule has 2 N–H and O–H groups in total. The Balaban J connectivity index is 1.87. The first-order valence-corrected chi connectivity index (χ1v) is 10.0. The fourth-order valence-corrected chi connectivity index (χ4v) is 4.90.